The van der Waals surface area contributed by atoms with E-state index < -0.39 is 0 Å². The Morgan fingerprint density at radius 2 is 2.20 bits per heavy atom. The monoisotopic (exact) mass is 207 g/mol. The van der Waals surface area contributed by atoms with Crippen molar-refractivity contribution in [2.45, 2.75) is 25.3 Å². The normalized spacial score (nSPS) is 21.7. The van der Waals surface area contributed by atoms with Gasteiger partial charge >= 0.3 is 0 Å². The highest BCUT2D eigenvalue weighted by Crippen LogP contribution is 2.13. The van der Waals surface area contributed by atoms with Crippen LogP contribution >= 0.6 is 0 Å². The molecule has 0 saturated carbocycles. The first kappa shape index (κ1) is 10.3. The fraction of sp³-hybridized carbons (Fsp3) is 0.417. The molecule has 1 aromatic rings. The van der Waals surface area contributed by atoms with E-state index >= 15 is 0 Å². The molecule has 0 spiro atoms. The number of halogens is 1. The maximum atomic E-state index is 13.3. The number of benzene rings is 1. The van der Waals surface area contributed by atoms with Crippen molar-refractivity contribution in [3.05, 3.63) is 35.6 Å². The molecule has 3 heteroatoms. The van der Waals surface area contributed by atoms with Crippen LogP contribution in [0.3, 0.4) is 0 Å². The number of ketones is 1. The molecular weight excluding hydrogens is 193 g/mol. The van der Waals surface area contributed by atoms with Crippen LogP contribution in [0.4, 0.5) is 4.39 Å². The molecule has 2 rings (SSSR count). The summed E-state index contributed by atoms with van der Waals surface area (Å²) < 4.78 is 13.3. The Kier molecular flexibility index (Phi) is 3.11. The summed E-state index contributed by atoms with van der Waals surface area (Å²) in [6.07, 6.45) is 1.72. The van der Waals surface area contributed by atoms with Gasteiger partial charge < -0.3 is 5.32 Å². The number of carbonyl (C=O) groups is 1. The van der Waals surface area contributed by atoms with Crippen molar-refractivity contribution >= 4 is 5.78 Å². The predicted molar refractivity (Wildman–Crippen MR) is 56.1 cm³/mol. The van der Waals surface area contributed by atoms with Crippen LogP contribution in [0.25, 0.3) is 0 Å². The average molecular weight is 207 g/mol. The molecular formula is C12H14FNO. The van der Waals surface area contributed by atoms with Gasteiger partial charge in [-0.05, 0) is 18.1 Å². The van der Waals surface area contributed by atoms with Crippen molar-refractivity contribution in [2.24, 2.45) is 0 Å². The van der Waals surface area contributed by atoms with Gasteiger partial charge in [-0.2, -0.15) is 0 Å². The largest absolute Gasteiger partial charge is 0.313 e. The maximum Gasteiger partial charge on any atom is 0.135 e. The molecule has 2 nitrogen and oxygen atoms in total. The maximum absolute atomic E-state index is 13.3. The van der Waals surface area contributed by atoms with Crippen LogP contribution in [0, 0.1) is 5.82 Å². The van der Waals surface area contributed by atoms with Crippen LogP contribution in [0.5, 0.6) is 0 Å². The second-order valence-corrected chi connectivity index (χ2v) is 3.94. The van der Waals surface area contributed by atoms with Gasteiger partial charge in [-0.3, -0.25) is 4.79 Å². The van der Waals surface area contributed by atoms with E-state index in [0.717, 1.165) is 6.54 Å². The van der Waals surface area contributed by atoms with Crippen LogP contribution < -0.4 is 5.32 Å². The summed E-state index contributed by atoms with van der Waals surface area (Å²) in [6, 6.07) is 6.83. The molecule has 0 amide bonds. The third kappa shape index (κ3) is 2.63. The summed E-state index contributed by atoms with van der Waals surface area (Å²) in [7, 11) is 0. The van der Waals surface area contributed by atoms with Gasteiger partial charge in [0.05, 0.1) is 0 Å². The quantitative estimate of drug-likeness (QED) is 0.799. The lowest BCUT2D eigenvalue weighted by atomic mass is 9.97. The Balaban J connectivity index is 2.02. The lowest BCUT2D eigenvalue weighted by Crippen LogP contribution is -2.39. The van der Waals surface area contributed by atoms with E-state index in [2.05, 4.69) is 5.32 Å². The van der Waals surface area contributed by atoms with Gasteiger partial charge in [0.1, 0.15) is 11.6 Å². The molecule has 0 aromatic heterocycles. The van der Waals surface area contributed by atoms with Crippen molar-refractivity contribution in [2.75, 3.05) is 6.54 Å². The molecule has 1 aromatic carbocycles. The first-order valence-electron chi connectivity index (χ1n) is 5.24. The van der Waals surface area contributed by atoms with E-state index in [9.17, 15) is 9.18 Å². The SMILES string of the molecule is O=C1CCNC(Cc2ccccc2F)C1. The number of rotatable bonds is 2. The standard InChI is InChI=1S/C12H14FNO/c13-12-4-2-1-3-9(12)7-10-8-11(15)5-6-14-10/h1-4,10,14H,5-8H2. The third-order valence-electron chi connectivity index (χ3n) is 2.74. The molecule has 80 valence electrons. The fourth-order valence-electron chi connectivity index (χ4n) is 1.94. The summed E-state index contributed by atoms with van der Waals surface area (Å²) in [6.45, 7) is 0.720. The van der Waals surface area contributed by atoms with Gasteiger partial charge in [-0.25, -0.2) is 4.39 Å². The first-order valence-corrected chi connectivity index (χ1v) is 5.24. The third-order valence-corrected chi connectivity index (χ3v) is 2.74. The summed E-state index contributed by atoms with van der Waals surface area (Å²) in [5.74, 6) is 0.0902. The lowest BCUT2D eigenvalue weighted by molar-refractivity contribution is -0.120. The van der Waals surface area contributed by atoms with Gasteiger partial charge in [0.25, 0.3) is 0 Å². The Hall–Kier alpha value is -1.22. The van der Waals surface area contributed by atoms with E-state index in [0.29, 0.717) is 24.8 Å². The van der Waals surface area contributed by atoms with Gasteiger partial charge in [0.15, 0.2) is 0 Å². The van der Waals surface area contributed by atoms with Gasteiger partial charge in [-0.15, -0.1) is 0 Å². The van der Waals surface area contributed by atoms with Gasteiger partial charge in [0, 0.05) is 25.4 Å². The molecule has 0 bridgehead atoms. The molecule has 1 heterocycles. The van der Waals surface area contributed by atoms with Crippen LogP contribution in [0.15, 0.2) is 24.3 Å². The molecule has 1 fully saturated rings. The molecule has 1 aliphatic rings. The van der Waals surface area contributed by atoms with Crippen LogP contribution in [0.2, 0.25) is 0 Å². The first-order chi connectivity index (χ1) is 7.25. The minimum Gasteiger partial charge on any atom is -0.313 e. The van der Waals surface area contributed by atoms with Gasteiger partial charge in [0.2, 0.25) is 0 Å². The highest BCUT2D eigenvalue weighted by Gasteiger charge is 2.19. The van der Waals surface area contributed by atoms with E-state index in [1.165, 1.54) is 6.07 Å². The summed E-state index contributed by atoms with van der Waals surface area (Å²) >= 11 is 0. The minimum absolute atomic E-state index is 0.100. The predicted octanol–water partition coefficient (Wildman–Crippen LogP) is 1.69. The molecule has 1 N–H and O–H groups in total. The Bertz CT molecular complexity index is 364. The summed E-state index contributed by atoms with van der Waals surface area (Å²) in [5, 5.41) is 3.24. The zero-order chi connectivity index (χ0) is 10.7. The van der Waals surface area contributed by atoms with E-state index in [1.807, 2.05) is 6.07 Å². The molecule has 1 unspecified atom stereocenters. The molecule has 15 heavy (non-hydrogen) atoms. The lowest BCUT2D eigenvalue weighted by Gasteiger charge is -2.22. The molecule has 0 aliphatic carbocycles. The number of piperidine rings is 1. The highest BCUT2D eigenvalue weighted by atomic mass is 19.1. The Labute approximate surface area is 88.5 Å². The van der Waals surface area contributed by atoms with Crippen LogP contribution in [-0.2, 0) is 11.2 Å². The molecule has 0 radical (unpaired) electrons. The second-order valence-electron chi connectivity index (χ2n) is 3.94. The summed E-state index contributed by atoms with van der Waals surface area (Å²) in [5.41, 5.74) is 0.685. The van der Waals surface area contributed by atoms with E-state index in [4.69, 9.17) is 0 Å². The fourth-order valence-corrected chi connectivity index (χ4v) is 1.94. The van der Waals surface area contributed by atoms with E-state index in [-0.39, 0.29) is 17.6 Å². The topological polar surface area (TPSA) is 29.1 Å². The molecule has 1 saturated heterocycles. The number of carbonyl (C=O) groups excluding carboxylic acids is 1. The number of nitrogens with one attached hydrogen (secondary N) is 1. The van der Waals surface area contributed by atoms with Crippen molar-refractivity contribution in [3.63, 3.8) is 0 Å². The highest BCUT2D eigenvalue weighted by molar-refractivity contribution is 5.80. The average Bonchev–Trinajstić information content (AvgIpc) is 2.22. The van der Waals surface area contributed by atoms with Gasteiger partial charge in [-0.1, -0.05) is 18.2 Å². The zero-order valence-electron chi connectivity index (χ0n) is 8.50. The van der Waals surface area contributed by atoms with Crippen molar-refractivity contribution in [3.8, 4) is 0 Å². The number of hydrogen-bond donors (Lipinski definition) is 1. The van der Waals surface area contributed by atoms with Crippen molar-refractivity contribution in [1.29, 1.82) is 0 Å². The van der Waals surface area contributed by atoms with Crippen molar-refractivity contribution < 1.29 is 9.18 Å². The van der Waals surface area contributed by atoms with Crippen LogP contribution in [0.1, 0.15) is 18.4 Å². The molecule has 1 atom stereocenters. The number of Topliss-reactive ketones (excluding diaryl/α,β-unsaturated/α-hetero) is 1. The Morgan fingerprint density at radius 1 is 1.40 bits per heavy atom. The van der Waals surface area contributed by atoms with Crippen LogP contribution in [-0.4, -0.2) is 18.4 Å². The minimum atomic E-state index is -0.183. The smallest absolute Gasteiger partial charge is 0.135 e. The Morgan fingerprint density at radius 3 is 2.93 bits per heavy atom. The molecule has 1 aliphatic heterocycles. The summed E-state index contributed by atoms with van der Waals surface area (Å²) in [4.78, 5) is 11.2. The second kappa shape index (κ2) is 4.53. The number of hydrogen-bond acceptors (Lipinski definition) is 2. The van der Waals surface area contributed by atoms with E-state index in [1.54, 1.807) is 12.1 Å². The van der Waals surface area contributed by atoms with Crippen molar-refractivity contribution in [1.82, 2.24) is 5.32 Å². The zero-order valence-corrected chi connectivity index (χ0v) is 8.50.